The zero-order valence-corrected chi connectivity index (χ0v) is 28.0. The van der Waals surface area contributed by atoms with Crippen molar-refractivity contribution in [3.05, 3.63) is 76.0 Å². The highest BCUT2D eigenvalue weighted by Gasteiger charge is 2.25. The first kappa shape index (κ1) is 33.6. The molecular formula is C33H43N5O4S2. The van der Waals surface area contributed by atoms with Gasteiger partial charge in [0.1, 0.15) is 0 Å². The molecule has 1 aliphatic rings. The lowest BCUT2D eigenvalue weighted by Crippen LogP contribution is -2.50. The number of carbonyl (C=O) groups is 3. The molecule has 2 heterocycles. The van der Waals surface area contributed by atoms with Crippen LogP contribution in [0.4, 0.5) is 5.13 Å². The number of amides is 3. The molecule has 236 valence electrons. The first-order valence-electron chi connectivity index (χ1n) is 14.8. The number of aryl methyl sites for hydroxylation is 1. The normalized spacial score (nSPS) is 14.4. The van der Waals surface area contributed by atoms with Gasteiger partial charge in [0.15, 0.2) is 5.13 Å². The van der Waals surface area contributed by atoms with E-state index in [0.29, 0.717) is 54.7 Å². The standard InChI is InChI=1S/C33H43N5O4S2/c1-21-15-25(16-27(22(21)2)31(42)38-13-11-37(12-14-38)23(3)40)20-43-29-18-35-32(44-29)36-30(41)26-9-7-24(8-10-26)17-34-28(19-39)33(4,5)6/h7-10,15-16,18,28,34,39H,11-14,17,19-20H2,1-6H3,(H,35,36,41)/t28-/m1/s1. The van der Waals surface area contributed by atoms with Gasteiger partial charge in [-0.25, -0.2) is 4.98 Å². The maximum absolute atomic E-state index is 13.4. The van der Waals surface area contributed by atoms with E-state index in [0.717, 1.165) is 26.5 Å². The van der Waals surface area contributed by atoms with Crippen LogP contribution < -0.4 is 10.6 Å². The van der Waals surface area contributed by atoms with Gasteiger partial charge in [-0.1, -0.05) is 50.3 Å². The van der Waals surface area contributed by atoms with Gasteiger partial charge in [0.2, 0.25) is 5.91 Å². The van der Waals surface area contributed by atoms with Crippen molar-refractivity contribution in [1.82, 2.24) is 20.1 Å². The lowest BCUT2D eigenvalue weighted by molar-refractivity contribution is -0.130. The number of piperazine rings is 1. The van der Waals surface area contributed by atoms with Crippen LogP contribution in [0, 0.1) is 19.3 Å². The third kappa shape index (κ3) is 8.68. The molecular weight excluding hydrogens is 595 g/mol. The van der Waals surface area contributed by atoms with Crippen molar-refractivity contribution in [3.8, 4) is 0 Å². The summed E-state index contributed by atoms with van der Waals surface area (Å²) in [5.41, 5.74) is 5.31. The number of thioether (sulfide) groups is 1. The van der Waals surface area contributed by atoms with Crippen LogP contribution in [-0.4, -0.2) is 76.4 Å². The number of benzene rings is 2. The largest absolute Gasteiger partial charge is 0.395 e. The smallest absolute Gasteiger partial charge is 0.257 e. The summed E-state index contributed by atoms with van der Waals surface area (Å²) in [6.45, 7) is 14.7. The molecule has 0 aliphatic carbocycles. The number of rotatable bonds is 10. The molecule has 0 spiro atoms. The third-order valence-electron chi connectivity index (χ3n) is 8.05. The van der Waals surface area contributed by atoms with Gasteiger partial charge in [-0.3, -0.25) is 19.7 Å². The molecule has 0 bridgehead atoms. The van der Waals surface area contributed by atoms with Gasteiger partial charge in [0.25, 0.3) is 11.8 Å². The maximum Gasteiger partial charge on any atom is 0.257 e. The van der Waals surface area contributed by atoms with Gasteiger partial charge < -0.3 is 20.2 Å². The van der Waals surface area contributed by atoms with Gasteiger partial charge in [0, 0.05) is 62.6 Å². The van der Waals surface area contributed by atoms with Crippen molar-refractivity contribution in [1.29, 1.82) is 0 Å². The fourth-order valence-corrected chi connectivity index (χ4v) is 6.80. The van der Waals surface area contributed by atoms with Crippen LogP contribution in [0.5, 0.6) is 0 Å². The summed E-state index contributed by atoms with van der Waals surface area (Å²) in [5.74, 6) is 0.490. The Morgan fingerprint density at radius 3 is 2.30 bits per heavy atom. The summed E-state index contributed by atoms with van der Waals surface area (Å²) in [4.78, 5) is 45.9. The van der Waals surface area contributed by atoms with Crippen LogP contribution in [0.2, 0.25) is 0 Å². The summed E-state index contributed by atoms with van der Waals surface area (Å²) >= 11 is 3.03. The minimum Gasteiger partial charge on any atom is -0.395 e. The van der Waals surface area contributed by atoms with E-state index < -0.39 is 0 Å². The first-order chi connectivity index (χ1) is 20.8. The van der Waals surface area contributed by atoms with Crippen LogP contribution in [0.25, 0.3) is 0 Å². The van der Waals surface area contributed by atoms with Crippen molar-refractivity contribution in [2.45, 2.75) is 64.1 Å². The molecule has 0 unspecified atom stereocenters. The van der Waals surface area contributed by atoms with Crippen LogP contribution >= 0.6 is 23.1 Å². The number of carbonyl (C=O) groups excluding carboxylic acids is 3. The van der Waals surface area contributed by atoms with E-state index in [2.05, 4.69) is 42.5 Å². The second-order valence-electron chi connectivity index (χ2n) is 12.3. The number of aliphatic hydroxyl groups excluding tert-OH is 1. The summed E-state index contributed by atoms with van der Waals surface area (Å²) in [7, 11) is 0. The molecule has 11 heteroatoms. The van der Waals surface area contributed by atoms with Crippen LogP contribution in [0.3, 0.4) is 0 Å². The minimum absolute atomic E-state index is 0.00648. The Bertz CT molecular complexity index is 1470. The van der Waals surface area contributed by atoms with E-state index in [4.69, 9.17) is 0 Å². The SMILES string of the molecule is CC(=O)N1CCN(C(=O)c2cc(CSc3cnc(NC(=O)c4ccc(CN[C@H](CO)C(C)(C)C)cc4)s3)cc(C)c2C)CC1. The van der Waals surface area contributed by atoms with Crippen molar-refractivity contribution in [2.75, 3.05) is 38.1 Å². The number of hydrogen-bond donors (Lipinski definition) is 3. The Morgan fingerprint density at radius 1 is 1.02 bits per heavy atom. The Balaban J connectivity index is 1.32. The van der Waals surface area contributed by atoms with Crippen LogP contribution in [0.1, 0.15) is 70.7 Å². The van der Waals surface area contributed by atoms with E-state index in [1.54, 1.807) is 41.9 Å². The summed E-state index contributed by atoms with van der Waals surface area (Å²) in [6.07, 6.45) is 1.76. The molecule has 1 fully saturated rings. The Hall–Kier alpha value is -3.25. The average molecular weight is 638 g/mol. The van der Waals surface area contributed by atoms with Crippen molar-refractivity contribution in [3.63, 3.8) is 0 Å². The molecule has 1 aromatic heterocycles. The number of nitrogens with zero attached hydrogens (tertiary/aromatic N) is 3. The van der Waals surface area contributed by atoms with Gasteiger partial charge in [-0.15, -0.1) is 11.8 Å². The molecule has 0 radical (unpaired) electrons. The van der Waals surface area contributed by atoms with Crippen LogP contribution in [0.15, 0.2) is 46.8 Å². The number of thiazole rings is 1. The van der Waals surface area contributed by atoms with E-state index in [1.165, 1.54) is 11.3 Å². The maximum atomic E-state index is 13.4. The summed E-state index contributed by atoms with van der Waals surface area (Å²) in [6, 6.07) is 11.5. The Kier molecular flexibility index (Phi) is 11.2. The molecule has 3 aromatic rings. The fourth-order valence-electron chi connectivity index (χ4n) is 5.00. The summed E-state index contributed by atoms with van der Waals surface area (Å²) in [5, 5.41) is 16.5. The molecule has 44 heavy (non-hydrogen) atoms. The number of aromatic nitrogens is 1. The molecule has 0 saturated carbocycles. The summed E-state index contributed by atoms with van der Waals surface area (Å²) < 4.78 is 0.963. The highest BCUT2D eigenvalue weighted by molar-refractivity contribution is 8.00. The molecule has 3 N–H and O–H groups in total. The predicted octanol–water partition coefficient (Wildman–Crippen LogP) is 5.11. The minimum atomic E-state index is -0.222. The molecule has 4 rings (SSSR count). The molecule has 3 amide bonds. The second kappa shape index (κ2) is 14.7. The number of aliphatic hydroxyl groups is 1. The van der Waals surface area contributed by atoms with Crippen molar-refractivity contribution >= 4 is 46.0 Å². The predicted molar refractivity (Wildman–Crippen MR) is 177 cm³/mol. The van der Waals surface area contributed by atoms with Gasteiger partial charge in [-0.05, 0) is 59.7 Å². The Labute approximate surface area is 268 Å². The van der Waals surface area contributed by atoms with E-state index >= 15 is 0 Å². The number of nitrogens with one attached hydrogen (secondary N) is 2. The van der Waals surface area contributed by atoms with E-state index in [9.17, 15) is 19.5 Å². The molecule has 1 saturated heterocycles. The van der Waals surface area contributed by atoms with Crippen molar-refractivity contribution < 1.29 is 19.5 Å². The lowest BCUT2D eigenvalue weighted by atomic mass is 9.87. The quantitative estimate of drug-likeness (QED) is 0.265. The number of hydrogen-bond acceptors (Lipinski definition) is 8. The molecule has 1 aliphatic heterocycles. The van der Waals surface area contributed by atoms with Gasteiger partial charge >= 0.3 is 0 Å². The van der Waals surface area contributed by atoms with Gasteiger partial charge in [-0.2, -0.15) is 0 Å². The zero-order chi connectivity index (χ0) is 32.0. The average Bonchev–Trinajstić information content (AvgIpc) is 3.44. The molecule has 9 nitrogen and oxygen atoms in total. The lowest BCUT2D eigenvalue weighted by Gasteiger charge is -2.34. The number of anilines is 1. The monoisotopic (exact) mass is 637 g/mol. The van der Waals surface area contributed by atoms with Crippen LogP contribution in [-0.2, 0) is 17.1 Å². The fraction of sp³-hybridized carbons (Fsp3) is 0.455. The van der Waals surface area contributed by atoms with E-state index in [-0.39, 0.29) is 35.8 Å². The highest BCUT2D eigenvalue weighted by Crippen LogP contribution is 2.32. The molecule has 1 atom stereocenters. The third-order valence-corrected chi connectivity index (χ3v) is 10.2. The second-order valence-corrected chi connectivity index (χ2v) is 14.6. The Morgan fingerprint density at radius 2 is 1.68 bits per heavy atom. The topological polar surface area (TPSA) is 115 Å². The van der Waals surface area contributed by atoms with Crippen molar-refractivity contribution in [2.24, 2.45) is 5.41 Å². The van der Waals surface area contributed by atoms with E-state index in [1.807, 2.05) is 36.9 Å². The zero-order valence-electron chi connectivity index (χ0n) is 26.4. The first-order valence-corrected chi connectivity index (χ1v) is 16.6. The van der Waals surface area contributed by atoms with Gasteiger partial charge in [0.05, 0.1) is 17.0 Å². The molecule has 2 aromatic carbocycles. The highest BCUT2D eigenvalue weighted by atomic mass is 32.2.